The third-order valence-corrected chi connectivity index (χ3v) is 22.7. The molecule has 6 nitrogen and oxygen atoms in total. The van der Waals surface area contributed by atoms with Crippen molar-refractivity contribution >= 4 is 241 Å². The molecule has 0 bridgehead atoms. The van der Waals surface area contributed by atoms with Crippen molar-refractivity contribution in [3.8, 4) is 33.6 Å². The van der Waals surface area contributed by atoms with Crippen LogP contribution in [-0.2, 0) is 0 Å². The van der Waals surface area contributed by atoms with Gasteiger partial charge >= 0.3 is 7.12 Å². The number of nitrogens with zero attached hydrogens (tertiary/aromatic N) is 3. The summed E-state index contributed by atoms with van der Waals surface area (Å²) >= 11 is 45.7. The van der Waals surface area contributed by atoms with Crippen molar-refractivity contribution in [2.45, 2.75) is 0 Å². The van der Waals surface area contributed by atoms with Gasteiger partial charge in [-0.3, -0.25) is 0 Å². The molecule has 2 aromatic heterocycles. The number of halogens is 9. The molecule has 3 N–H and O–H groups in total. The van der Waals surface area contributed by atoms with Crippen molar-refractivity contribution in [2.24, 2.45) is 0 Å². The zero-order valence-corrected chi connectivity index (χ0v) is 69.3. The lowest BCUT2D eigenvalue weighted by atomic mass is 9.80. The van der Waals surface area contributed by atoms with Gasteiger partial charge in [-0.1, -0.05) is 296 Å². The van der Waals surface area contributed by atoms with Crippen LogP contribution in [0, 0.1) is 3.57 Å². The summed E-state index contributed by atoms with van der Waals surface area (Å²) in [6, 6.07) is 126. The number of rotatable bonds is 10. The van der Waals surface area contributed by atoms with E-state index in [1.165, 1.54) is 97.1 Å². The summed E-state index contributed by atoms with van der Waals surface area (Å²) in [6.45, 7) is 0. The van der Waals surface area contributed by atoms with E-state index in [1.807, 2.05) is 60.7 Å². The fourth-order valence-corrected chi connectivity index (χ4v) is 17.5. The van der Waals surface area contributed by atoms with Crippen molar-refractivity contribution in [2.75, 3.05) is 10.2 Å². The van der Waals surface area contributed by atoms with E-state index in [9.17, 15) is 0 Å². The summed E-state index contributed by atoms with van der Waals surface area (Å²) in [5.74, 6) is 0. The average molecular weight is 1820 g/mol. The van der Waals surface area contributed by atoms with Crippen molar-refractivity contribution in [3.63, 3.8) is 0 Å². The number of hydrogen-bond acceptors (Lipinski definition) is 4. The number of fused-ring (bicyclic) bond motifs is 9. The minimum atomic E-state index is -1.52. The topological polar surface area (TPSA) is 65.6 Å². The first-order valence-electron chi connectivity index (χ1n) is 35.7. The van der Waals surface area contributed by atoms with Gasteiger partial charge in [0, 0.05) is 104 Å². The molecule has 17 aromatic carbocycles. The number of para-hydroxylation sites is 6. The molecule has 0 fully saturated rings. The monoisotopic (exact) mass is 1810 g/mol. The van der Waals surface area contributed by atoms with Gasteiger partial charge in [-0.05, 0) is 253 Å². The first kappa shape index (κ1) is 77.5. The van der Waals surface area contributed by atoms with Gasteiger partial charge in [0.25, 0.3) is 0 Å². The van der Waals surface area contributed by atoms with Crippen molar-refractivity contribution in [1.29, 1.82) is 0 Å². The van der Waals surface area contributed by atoms with Gasteiger partial charge in [0.05, 0.1) is 27.8 Å². The fraction of sp³-hybridized carbons (Fsp3) is 0. The molecule has 0 radical (unpaired) electrons. The Morgan fingerprint density at radius 1 is 0.295 bits per heavy atom. The largest absolute Gasteiger partial charge is 0.488 e. The number of benzene rings is 17. The minimum absolute atomic E-state index is 0.294. The number of anilines is 5. The Kier molecular flexibility index (Phi) is 24.5. The molecule has 2 heterocycles. The average Bonchev–Trinajstić information content (AvgIpc) is 1.55. The number of nitrogens with one attached hydrogen (secondary N) is 1. The molecule has 16 heteroatoms. The van der Waals surface area contributed by atoms with Crippen LogP contribution in [0.5, 0.6) is 0 Å². The second-order valence-electron chi connectivity index (χ2n) is 26.3. The molecule has 19 rings (SSSR count). The molecule has 0 atom stereocenters. The van der Waals surface area contributed by atoms with Crippen LogP contribution in [-0.4, -0.2) is 26.3 Å². The van der Waals surface area contributed by atoms with Gasteiger partial charge in [-0.25, -0.2) is 0 Å². The molecule has 19 aromatic rings. The third-order valence-electron chi connectivity index (χ3n) is 19.0. The maximum atomic E-state index is 8.71. The van der Waals surface area contributed by atoms with E-state index in [-0.39, 0.29) is 0 Å². The summed E-state index contributed by atoms with van der Waals surface area (Å²) in [4.78, 5) is 2.35. The van der Waals surface area contributed by atoms with Gasteiger partial charge in [0.1, 0.15) is 0 Å². The first-order chi connectivity index (χ1) is 54.6. The van der Waals surface area contributed by atoms with Gasteiger partial charge in [0.2, 0.25) is 0 Å². The Balaban J connectivity index is 0.000000123. The predicted molar refractivity (Wildman–Crippen MR) is 497 cm³/mol. The van der Waals surface area contributed by atoms with E-state index >= 15 is 0 Å². The van der Waals surface area contributed by atoms with Crippen molar-refractivity contribution < 1.29 is 10.0 Å². The highest BCUT2D eigenvalue weighted by molar-refractivity contribution is 14.1. The third kappa shape index (κ3) is 17.4. The van der Waals surface area contributed by atoms with Gasteiger partial charge in [-0.15, -0.1) is 0 Å². The molecule has 0 aliphatic carbocycles. The number of aromatic nitrogens is 2. The fourth-order valence-electron chi connectivity index (χ4n) is 14.2. The normalized spacial score (nSPS) is 11.0. The zero-order valence-electron chi connectivity index (χ0n) is 59.4. The number of hydrogen-bond donors (Lipinski definition) is 3. The molecule has 0 aliphatic heterocycles. The lowest BCUT2D eigenvalue weighted by molar-refractivity contribution is 0.426. The lowest BCUT2D eigenvalue weighted by Crippen LogP contribution is -2.29. The molecule has 112 heavy (non-hydrogen) atoms. The Labute approximate surface area is 709 Å². The van der Waals surface area contributed by atoms with Crippen LogP contribution in [0.25, 0.3) is 110 Å². The Morgan fingerprint density at radius 3 is 1.20 bits per heavy atom. The summed E-state index contributed by atoms with van der Waals surface area (Å²) < 4.78 is 8.23. The smallest absolute Gasteiger partial charge is 0.423 e. The van der Waals surface area contributed by atoms with Gasteiger partial charge in [0.15, 0.2) is 0 Å². The Morgan fingerprint density at radius 2 is 0.679 bits per heavy atom. The minimum Gasteiger partial charge on any atom is -0.423 e. The summed E-state index contributed by atoms with van der Waals surface area (Å²) in [5, 5.41) is 36.4. The standard InChI is InChI=1S/C40H26Cl2N2.C24H18N2.C16H9BrCl2.C10H6BrI.C6H5BCl2O2/c41-28-23-27(24-29(42)25-28)33-16-9-18-35-34(33)17-10-20-38(35)43(30-11-3-1-4-12-30)32-21-22-40-37(26-32)36-15-7-8-19-39(36)44(40)31-13-5-2-6-14-31;1-3-9-18(10-4-1)25-19-15-16-24-22(17-19)21-13-7-8-14-23(21)26(24)20-11-5-2-6-12-20;17-16-6-2-4-14-13(3-1-5-15(14)16)10-7-11(18)9-12(19)8-10;11-9-5-1-4-8-7(9)3-2-6-10(8)12;8-5-1-4(7(10)11)2-6(9)3-5/h1-26H;1-17,25H;1-9H;1-6H;1-3,10-11H. The first-order valence-corrected chi connectivity index (χ1v) is 40.6. The van der Waals surface area contributed by atoms with Crippen LogP contribution in [0.1, 0.15) is 0 Å². The second kappa shape index (κ2) is 35.4. The molecule has 546 valence electrons. The van der Waals surface area contributed by atoms with E-state index in [1.54, 1.807) is 12.1 Å². The molecule has 0 aliphatic rings. The highest BCUT2D eigenvalue weighted by Crippen LogP contribution is 2.45. The zero-order chi connectivity index (χ0) is 77.4. The van der Waals surface area contributed by atoms with E-state index in [2.05, 4.69) is 353 Å². The van der Waals surface area contributed by atoms with E-state index < -0.39 is 7.12 Å². The molecule has 0 amide bonds. The van der Waals surface area contributed by atoms with Crippen molar-refractivity contribution in [1.82, 2.24) is 9.13 Å². The summed E-state index contributed by atoms with van der Waals surface area (Å²) in [5.41, 5.74) is 17.1. The second-order valence-corrected chi connectivity index (χ2v) is 31.7. The highest BCUT2D eigenvalue weighted by Gasteiger charge is 2.21. The lowest BCUT2D eigenvalue weighted by Gasteiger charge is -2.27. The van der Waals surface area contributed by atoms with E-state index in [4.69, 9.17) is 79.7 Å². The molecule has 0 saturated heterocycles. The molecular weight excluding hydrogens is 1750 g/mol. The van der Waals surface area contributed by atoms with Crippen molar-refractivity contribution in [3.05, 3.63) is 413 Å². The SMILES string of the molecule is Brc1cccc2c(I)cccc12.Clc1cc(Cl)cc(-c2cccc3c(Br)cccc23)c1.Clc1cc(Cl)cc(-c2cccc3c(N(c4ccccc4)c4ccc5c(c4)c4ccccc4n5-c4ccccc4)cccc23)c1.OB(O)c1cc(Cl)cc(Cl)c1.c1ccc(Nc2ccc3c(c2)c2ccccc2n3-c2ccccc2)cc1. The predicted octanol–water partition coefficient (Wildman–Crippen LogP) is 30.4. The molecule has 0 unspecified atom stereocenters. The van der Waals surface area contributed by atoms with Crippen LogP contribution in [0.2, 0.25) is 30.1 Å². The van der Waals surface area contributed by atoms with Crippen LogP contribution >= 0.6 is 124 Å². The summed E-state index contributed by atoms with van der Waals surface area (Å²) in [6.07, 6.45) is 0. The van der Waals surface area contributed by atoms with Gasteiger partial charge < -0.3 is 29.4 Å². The van der Waals surface area contributed by atoms with Crippen LogP contribution < -0.4 is 15.7 Å². The van der Waals surface area contributed by atoms with Crippen LogP contribution in [0.4, 0.5) is 28.4 Å². The van der Waals surface area contributed by atoms with Crippen LogP contribution in [0.15, 0.2) is 379 Å². The molecule has 0 saturated carbocycles. The van der Waals surface area contributed by atoms with E-state index in [0.29, 0.717) is 35.6 Å². The quantitative estimate of drug-likeness (QED) is 0.0943. The summed E-state index contributed by atoms with van der Waals surface area (Å²) in [7, 11) is -1.52. The Bertz CT molecular complexity index is 6520. The van der Waals surface area contributed by atoms with Gasteiger partial charge in [-0.2, -0.15) is 0 Å². The van der Waals surface area contributed by atoms with E-state index in [0.717, 1.165) is 71.6 Å². The highest BCUT2D eigenvalue weighted by atomic mass is 127. The maximum Gasteiger partial charge on any atom is 0.488 e. The maximum absolute atomic E-state index is 8.71. The molecule has 0 spiro atoms. The Hall–Kier alpha value is -9.87. The molecular formula is C96H64BBr2Cl6IN4O2. The van der Waals surface area contributed by atoms with Crippen LogP contribution in [0.3, 0.4) is 0 Å².